The van der Waals surface area contributed by atoms with E-state index in [0.717, 1.165) is 23.1 Å². The van der Waals surface area contributed by atoms with Crippen LogP contribution in [-0.2, 0) is 10.8 Å². The lowest BCUT2D eigenvalue weighted by molar-refractivity contribution is 0.420. The molecule has 3 rings (SSSR count). The van der Waals surface area contributed by atoms with Crippen molar-refractivity contribution in [2.45, 2.75) is 38.0 Å². The van der Waals surface area contributed by atoms with Gasteiger partial charge in [-0.1, -0.05) is 44.5 Å². The Bertz CT molecular complexity index is 721. The number of phenolic OH excluding ortho intramolecular Hbond substituents is 2. The summed E-state index contributed by atoms with van der Waals surface area (Å²) in [6.07, 6.45) is 0.901. The molecule has 0 saturated carbocycles. The molecular weight excluding hydrogens is 284 g/mol. The lowest BCUT2D eigenvalue weighted by Gasteiger charge is -2.28. The van der Waals surface area contributed by atoms with Gasteiger partial charge in [0.25, 0.3) is 0 Å². The van der Waals surface area contributed by atoms with E-state index < -0.39 is 0 Å². The molecule has 110 valence electrons. The molecule has 21 heavy (non-hydrogen) atoms. The fourth-order valence-corrected chi connectivity index (χ4v) is 3.92. The van der Waals surface area contributed by atoms with E-state index in [-0.39, 0.29) is 22.3 Å². The number of rotatable bonds is 1. The number of phenols is 2. The molecule has 3 heteroatoms. The molecule has 1 atom stereocenters. The van der Waals surface area contributed by atoms with Crippen molar-refractivity contribution in [1.29, 1.82) is 0 Å². The van der Waals surface area contributed by atoms with Crippen LogP contribution < -0.4 is 0 Å². The summed E-state index contributed by atoms with van der Waals surface area (Å²) in [7, 11) is 0. The van der Waals surface area contributed by atoms with Crippen LogP contribution in [0.2, 0.25) is 5.02 Å². The van der Waals surface area contributed by atoms with Gasteiger partial charge >= 0.3 is 0 Å². The van der Waals surface area contributed by atoms with Gasteiger partial charge in [-0.2, -0.15) is 0 Å². The normalized spacial score (nSPS) is 23.0. The lowest BCUT2D eigenvalue weighted by Crippen LogP contribution is -2.23. The van der Waals surface area contributed by atoms with Crippen LogP contribution in [-0.4, -0.2) is 10.2 Å². The first-order chi connectivity index (χ1) is 9.74. The molecule has 0 aliphatic heterocycles. The third kappa shape index (κ3) is 2.09. The standard InChI is InChI=1S/C18H19ClO2/c1-17(2)10-18(3,11-5-4-6-12(20)7-11)14-9-16(21)15(19)8-13(14)17/h4-9,20-21H,10H2,1-3H3. The minimum Gasteiger partial charge on any atom is -0.508 e. The largest absolute Gasteiger partial charge is 0.508 e. The van der Waals surface area contributed by atoms with Crippen molar-refractivity contribution in [3.05, 3.63) is 58.1 Å². The van der Waals surface area contributed by atoms with Crippen molar-refractivity contribution in [2.75, 3.05) is 0 Å². The number of hydrogen-bond acceptors (Lipinski definition) is 2. The molecule has 0 spiro atoms. The second-order valence-electron chi connectivity index (χ2n) is 6.79. The molecule has 2 nitrogen and oxygen atoms in total. The third-order valence-corrected chi connectivity index (χ3v) is 4.99. The summed E-state index contributed by atoms with van der Waals surface area (Å²) >= 11 is 6.09. The molecule has 0 amide bonds. The van der Waals surface area contributed by atoms with Gasteiger partial charge in [0.15, 0.2) is 0 Å². The fourth-order valence-electron chi connectivity index (χ4n) is 3.76. The van der Waals surface area contributed by atoms with E-state index in [2.05, 4.69) is 20.8 Å². The summed E-state index contributed by atoms with van der Waals surface area (Å²) in [5.74, 6) is 0.373. The van der Waals surface area contributed by atoms with Crippen LogP contribution in [0.1, 0.15) is 43.9 Å². The minimum atomic E-state index is -0.250. The molecule has 1 aliphatic carbocycles. The third-order valence-electron chi connectivity index (χ3n) is 4.69. The van der Waals surface area contributed by atoms with Gasteiger partial charge in [0.2, 0.25) is 0 Å². The van der Waals surface area contributed by atoms with E-state index in [9.17, 15) is 10.2 Å². The van der Waals surface area contributed by atoms with E-state index in [1.165, 1.54) is 0 Å². The van der Waals surface area contributed by atoms with E-state index >= 15 is 0 Å². The highest BCUT2D eigenvalue weighted by Crippen LogP contribution is 2.54. The molecule has 0 saturated heterocycles. The lowest BCUT2D eigenvalue weighted by atomic mass is 9.75. The summed E-state index contributed by atoms with van der Waals surface area (Å²) in [4.78, 5) is 0. The van der Waals surface area contributed by atoms with Gasteiger partial charge in [-0.25, -0.2) is 0 Å². The Labute approximate surface area is 130 Å². The molecular formula is C18H19ClO2. The SMILES string of the molecule is CC1(C)CC(C)(c2cccc(O)c2)c2cc(O)c(Cl)cc21. The van der Waals surface area contributed by atoms with E-state index in [1.54, 1.807) is 18.2 Å². The Hall–Kier alpha value is -1.67. The first-order valence-corrected chi connectivity index (χ1v) is 7.45. The predicted molar refractivity (Wildman–Crippen MR) is 85.3 cm³/mol. The van der Waals surface area contributed by atoms with Crippen molar-refractivity contribution in [2.24, 2.45) is 0 Å². The van der Waals surface area contributed by atoms with Crippen molar-refractivity contribution < 1.29 is 10.2 Å². The van der Waals surface area contributed by atoms with Gasteiger partial charge in [-0.05, 0) is 52.8 Å². The fraction of sp³-hybridized carbons (Fsp3) is 0.333. The van der Waals surface area contributed by atoms with Gasteiger partial charge in [-0.3, -0.25) is 0 Å². The van der Waals surface area contributed by atoms with Crippen LogP contribution in [0.4, 0.5) is 0 Å². The average Bonchev–Trinajstić information content (AvgIpc) is 2.59. The molecule has 0 heterocycles. The zero-order valence-electron chi connectivity index (χ0n) is 12.4. The quantitative estimate of drug-likeness (QED) is 0.799. The Kier molecular flexibility index (Phi) is 3.00. The maximum atomic E-state index is 10.0. The number of halogens is 1. The van der Waals surface area contributed by atoms with Crippen molar-refractivity contribution >= 4 is 11.6 Å². The second-order valence-corrected chi connectivity index (χ2v) is 7.20. The summed E-state index contributed by atoms with van der Waals surface area (Å²) < 4.78 is 0. The number of hydrogen-bond donors (Lipinski definition) is 2. The summed E-state index contributed by atoms with van der Waals surface area (Å²) in [5.41, 5.74) is 3.01. The topological polar surface area (TPSA) is 40.5 Å². The zero-order chi connectivity index (χ0) is 15.4. The molecule has 2 aromatic rings. The highest BCUT2D eigenvalue weighted by Gasteiger charge is 2.46. The van der Waals surface area contributed by atoms with Gasteiger partial charge in [0, 0.05) is 5.41 Å². The van der Waals surface area contributed by atoms with E-state index in [4.69, 9.17) is 11.6 Å². The molecule has 0 radical (unpaired) electrons. The number of benzene rings is 2. The molecule has 1 unspecified atom stereocenters. The Morgan fingerprint density at radius 1 is 1.00 bits per heavy atom. The summed E-state index contributed by atoms with van der Waals surface area (Å²) in [6.45, 7) is 6.53. The molecule has 0 fully saturated rings. The van der Waals surface area contributed by atoms with Gasteiger partial charge in [-0.15, -0.1) is 0 Å². The summed E-state index contributed by atoms with van der Waals surface area (Å²) in [6, 6.07) is 11.0. The van der Waals surface area contributed by atoms with Gasteiger partial charge in [0.1, 0.15) is 11.5 Å². The highest BCUT2D eigenvalue weighted by atomic mass is 35.5. The zero-order valence-corrected chi connectivity index (χ0v) is 13.2. The Morgan fingerprint density at radius 3 is 2.38 bits per heavy atom. The van der Waals surface area contributed by atoms with Crippen LogP contribution in [0.15, 0.2) is 36.4 Å². The minimum absolute atomic E-state index is 0.0348. The van der Waals surface area contributed by atoms with Crippen LogP contribution in [0.25, 0.3) is 0 Å². The second kappa shape index (κ2) is 4.41. The number of fused-ring (bicyclic) bond motifs is 1. The first-order valence-electron chi connectivity index (χ1n) is 7.07. The van der Waals surface area contributed by atoms with Crippen LogP contribution in [0, 0.1) is 0 Å². The maximum Gasteiger partial charge on any atom is 0.134 e. The smallest absolute Gasteiger partial charge is 0.134 e. The summed E-state index contributed by atoms with van der Waals surface area (Å²) in [5, 5.41) is 20.2. The first kappa shape index (κ1) is 14.3. The molecule has 2 aromatic carbocycles. The van der Waals surface area contributed by atoms with Crippen LogP contribution >= 0.6 is 11.6 Å². The monoisotopic (exact) mass is 302 g/mol. The molecule has 2 N–H and O–H groups in total. The molecule has 1 aliphatic rings. The Morgan fingerprint density at radius 2 is 1.71 bits per heavy atom. The molecule has 0 aromatic heterocycles. The van der Waals surface area contributed by atoms with Crippen LogP contribution in [0.5, 0.6) is 11.5 Å². The van der Waals surface area contributed by atoms with Crippen LogP contribution in [0.3, 0.4) is 0 Å². The predicted octanol–water partition coefficient (Wildman–Crippen LogP) is 4.74. The molecule has 0 bridgehead atoms. The average molecular weight is 303 g/mol. The van der Waals surface area contributed by atoms with E-state index in [0.29, 0.717) is 5.02 Å². The highest BCUT2D eigenvalue weighted by molar-refractivity contribution is 6.32. The number of aromatic hydroxyl groups is 2. The van der Waals surface area contributed by atoms with E-state index in [1.807, 2.05) is 18.2 Å². The maximum absolute atomic E-state index is 10.0. The van der Waals surface area contributed by atoms with Crippen molar-refractivity contribution in [3.63, 3.8) is 0 Å². The van der Waals surface area contributed by atoms with Gasteiger partial charge < -0.3 is 10.2 Å². The Balaban J connectivity index is 2.26. The van der Waals surface area contributed by atoms with Crippen molar-refractivity contribution in [3.8, 4) is 11.5 Å². The van der Waals surface area contributed by atoms with Crippen molar-refractivity contribution in [1.82, 2.24) is 0 Å². The van der Waals surface area contributed by atoms with Gasteiger partial charge in [0.05, 0.1) is 5.02 Å².